The van der Waals surface area contributed by atoms with Crippen molar-refractivity contribution in [2.45, 2.75) is 27.7 Å². The van der Waals surface area contributed by atoms with Crippen molar-refractivity contribution in [1.29, 1.82) is 0 Å². The largest absolute Gasteiger partial charge is 0.398 e. The molecule has 12 heteroatoms. The van der Waals surface area contributed by atoms with E-state index in [1.54, 1.807) is 39.8 Å². The van der Waals surface area contributed by atoms with E-state index in [0.717, 1.165) is 0 Å². The molecule has 0 amide bonds. The van der Waals surface area contributed by atoms with Crippen LogP contribution in [-0.2, 0) is 27.2 Å². The third kappa shape index (κ3) is 6.15. The number of anilines is 2. The SMILES string of the molecule is CCOP(=O)(OCC)c1nc(Nc2ccccc2)nc(P(=O)(OCC)OCC)n1. The topological polar surface area (TPSA) is 122 Å². The van der Waals surface area contributed by atoms with E-state index in [9.17, 15) is 9.13 Å². The van der Waals surface area contributed by atoms with Crippen LogP contribution in [0.25, 0.3) is 0 Å². The minimum Gasteiger partial charge on any atom is -0.324 e. The lowest BCUT2D eigenvalue weighted by Gasteiger charge is -2.19. The van der Waals surface area contributed by atoms with Crippen molar-refractivity contribution in [2.24, 2.45) is 0 Å². The van der Waals surface area contributed by atoms with E-state index >= 15 is 0 Å². The van der Waals surface area contributed by atoms with E-state index in [1.165, 1.54) is 0 Å². The van der Waals surface area contributed by atoms with Gasteiger partial charge in [0.15, 0.2) is 0 Å². The van der Waals surface area contributed by atoms with Crippen molar-refractivity contribution in [3.05, 3.63) is 30.3 Å². The fourth-order valence-electron chi connectivity index (χ4n) is 2.29. The predicted molar refractivity (Wildman–Crippen MR) is 111 cm³/mol. The van der Waals surface area contributed by atoms with Gasteiger partial charge >= 0.3 is 15.2 Å². The van der Waals surface area contributed by atoms with Gasteiger partial charge in [-0.2, -0.15) is 15.0 Å². The van der Waals surface area contributed by atoms with Crippen molar-refractivity contribution in [2.75, 3.05) is 31.7 Å². The molecule has 1 heterocycles. The van der Waals surface area contributed by atoms with E-state index in [1.807, 2.05) is 18.2 Å². The molecule has 2 aromatic rings. The first kappa shape index (κ1) is 23.6. The predicted octanol–water partition coefficient (Wildman–Crippen LogP) is 3.40. The van der Waals surface area contributed by atoms with Crippen LogP contribution in [0.5, 0.6) is 0 Å². The van der Waals surface area contributed by atoms with Gasteiger partial charge in [0.25, 0.3) is 0 Å². The molecule has 0 radical (unpaired) electrons. The van der Waals surface area contributed by atoms with E-state index < -0.39 is 15.2 Å². The van der Waals surface area contributed by atoms with Gasteiger partial charge in [-0.25, -0.2) is 0 Å². The van der Waals surface area contributed by atoms with Crippen LogP contribution >= 0.6 is 15.2 Å². The second kappa shape index (κ2) is 10.9. The summed E-state index contributed by atoms with van der Waals surface area (Å²) < 4.78 is 47.8. The molecule has 0 saturated heterocycles. The highest BCUT2D eigenvalue weighted by Crippen LogP contribution is 2.48. The van der Waals surface area contributed by atoms with Crippen molar-refractivity contribution >= 4 is 38.0 Å². The van der Waals surface area contributed by atoms with Gasteiger partial charge in [0.2, 0.25) is 17.1 Å². The third-order valence-electron chi connectivity index (χ3n) is 3.33. The highest BCUT2D eigenvalue weighted by atomic mass is 31.2. The first-order chi connectivity index (χ1) is 13.9. The number of nitrogens with zero attached hydrogens (tertiary/aromatic N) is 3. The lowest BCUT2D eigenvalue weighted by molar-refractivity contribution is 0.227. The summed E-state index contributed by atoms with van der Waals surface area (Å²) in [7, 11) is -7.74. The fraction of sp³-hybridized carbons (Fsp3) is 0.471. The maximum absolute atomic E-state index is 13.2. The Hall–Kier alpha value is -1.67. The molecule has 0 aliphatic rings. The summed E-state index contributed by atoms with van der Waals surface area (Å²) in [6.45, 7) is 7.10. The van der Waals surface area contributed by atoms with Gasteiger partial charge in [0.05, 0.1) is 26.4 Å². The van der Waals surface area contributed by atoms with Crippen LogP contribution in [0.1, 0.15) is 27.7 Å². The fourth-order valence-corrected chi connectivity index (χ4v) is 5.21. The molecule has 0 spiro atoms. The summed E-state index contributed by atoms with van der Waals surface area (Å²) >= 11 is 0. The van der Waals surface area contributed by atoms with Crippen molar-refractivity contribution in [1.82, 2.24) is 15.0 Å². The number of benzene rings is 1. The highest BCUT2D eigenvalue weighted by Gasteiger charge is 2.37. The Kier molecular flexibility index (Phi) is 8.89. The Morgan fingerprint density at radius 3 is 1.52 bits per heavy atom. The third-order valence-corrected chi connectivity index (χ3v) is 7.10. The van der Waals surface area contributed by atoms with Crippen LogP contribution in [0, 0.1) is 0 Å². The number of para-hydroxylation sites is 1. The van der Waals surface area contributed by atoms with Crippen LogP contribution in [0.15, 0.2) is 30.3 Å². The van der Waals surface area contributed by atoms with Crippen LogP contribution in [0.4, 0.5) is 11.6 Å². The van der Waals surface area contributed by atoms with Gasteiger partial charge in [0, 0.05) is 5.69 Å². The Bertz CT molecular complexity index is 815. The number of hydrogen-bond donors (Lipinski definition) is 1. The van der Waals surface area contributed by atoms with Gasteiger partial charge in [-0.1, -0.05) is 18.2 Å². The average Bonchev–Trinajstić information content (AvgIpc) is 2.69. The molecule has 1 aromatic carbocycles. The molecule has 2 rings (SSSR count). The van der Waals surface area contributed by atoms with Gasteiger partial charge in [-0.15, -0.1) is 0 Å². The monoisotopic (exact) mass is 444 g/mol. The van der Waals surface area contributed by atoms with Crippen molar-refractivity contribution in [3.63, 3.8) is 0 Å². The Balaban J connectivity index is 2.62. The molecule has 0 atom stereocenters. The molecule has 0 saturated carbocycles. The Labute approximate surface area is 170 Å². The van der Waals surface area contributed by atoms with E-state index in [2.05, 4.69) is 20.3 Å². The molecule has 0 unspecified atom stereocenters. The van der Waals surface area contributed by atoms with Crippen LogP contribution in [0.2, 0.25) is 0 Å². The second-order valence-corrected chi connectivity index (χ2v) is 9.24. The minimum absolute atomic E-state index is 0.00969. The van der Waals surface area contributed by atoms with Gasteiger partial charge in [0.1, 0.15) is 0 Å². The zero-order chi connectivity index (χ0) is 21.3. The Morgan fingerprint density at radius 1 is 0.724 bits per heavy atom. The lowest BCUT2D eigenvalue weighted by Crippen LogP contribution is -2.30. The molecule has 1 aromatic heterocycles. The molecule has 10 nitrogen and oxygen atoms in total. The van der Waals surface area contributed by atoms with Crippen molar-refractivity contribution < 1.29 is 27.2 Å². The van der Waals surface area contributed by atoms with Gasteiger partial charge in [-0.3, -0.25) is 9.13 Å². The van der Waals surface area contributed by atoms with Crippen molar-refractivity contribution in [3.8, 4) is 0 Å². The molecule has 0 bridgehead atoms. The Morgan fingerprint density at radius 2 is 1.14 bits per heavy atom. The summed E-state index contributed by atoms with van der Waals surface area (Å²) in [6.07, 6.45) is 0. The number of nitrogens with one attached hydrogen (secondary N) is 1. The molecular formula is C17H26N4O6P2. The summed E-state index contributed by atoms with van der Waals surface area (Å²) in [4.78, 5) is 12.5. The maximum Gasteiger partial charge on any atom is 0.398 e. The minimum atomic E-state index is -3.87. The van der Waals surface area contributed by atoms with Crippen LogP contribution in [0.3, 0.4) is 0 Å². The molecule has 29 heavy (non-hydrogen) atoms. The zero-order valence-electron chi connectivity index (χ0n) is 16.9. The molecule has 160 valence electrons. The summed E-state index contributed by atoms with van der Waals surface area (Å²) in [6, 6.07) is 9.08. The van der Waals surface area contributed by atoms with Gasteiger partial charge in [-0.05, 0) is 39.8 Å². The standard InChI is InChI=1S/C17H26N4O6P2/c1-5-24-28(22,25-6-2)16-19-15(18-14-12-10-9-11-13-14)20-17(21-16)29(23,26-7-3)27-8-4/h9-13H,5-8H2,1-4H3,(H,18,19,20,21). The van der Waals surface area contributed by atoms with E-state index in [4.69, 9.17) is 18.1 Å². The van der Waals surface area contributed by atoms with E-state index in [0.29, 0.717) is 5.69 Å². The van der Waals surface area contributed by atoms with Gasteiger partial charge < -0.3 is 23.4 Å². The lowest BCUT2D eigenvalue weighted by atomic mass is 10.3. The molecule has 0 fully saturated rings. The summed E-state index contributed by atoms with van der Waals surface area (Å²) in [5.74, 6) is 0.00969. The first-order valence-corrected chi connectivity index (χ1v) is 12.4. The second-order valence-electron chi connectivity index (χ2n) is 5.42. The summed E-state index contributed by atoms with van der Waals surface area (Å²) in [5, 5.41) is 2.97. The maximum atomic E-state index is 13.2. The number of aromatic nitrogens is 3. The number of hydrogen-bond acceptors (Lipinski definition) is 10. The quantitative estimate of drug-likeness (QED) is 0.488. The molecule has 0 aliphatic carbocycles. The molecular weight excluding hydrogens is 418 g/mol. The normalized spacial score (nSPS) is 12.1. The smallest absolute Gasteiger partial charge is 0.324 e. The van der Waals surface area contributed by atoms with E-state index in [-0.39, 0.29) is 43.5 Å². The summed E-state index contributed by atoms with van der Waals surface area (Å²) in [5.41, 5.74) is 0.120. The van der Waals surface area contributed by atoms with Crippen LogP contribution < -0.4 is 16.4 Å². The molecule has 0 aliphatic heterocycles. The highest BCUT2D eigenvalue weighted by molar-refractivity contribution is 7.62. The average molecular weight is 444 g/mol. The first-order valence-electron chi connectivity index (χ1n) is 9.28. The van der Waals surface area contributed by atoms with Crippen LogP contribution in [-0.4, -0.2) is 41.4 Å². The molecule has 1 N–H and O–H groups in total. The number of rotatable bonds is 12. The zero-order valence-corrected chi connectivity index (χ0v) is 18.7.